The molecule has 0 bridgehead atoms. The number of nitrogens with zero attached hydrogens (tertiary/aromatic N) is 4. The molecule has 0 unspecified atom stereocenters. The molecule has 1 amide bonds. The molecule has 8 heteroatoms. The summed E-state index contributed by atoms with van der Waals surface area (Å²) in [7, 11) is 0. The molecule has 0 spiro atoms. The van der Waals surface area contributed by atoms with Crippen molar-refractivity contribution in [3.05, 3.63) is 58.9 Å². The third-order valence-corrected chi connectivity index (χ3v) is 5.25. The molecule has 3 aromatic rings. The zero-order chi connectivity index (χ0) is 19.4. The largest absolute Gasteiger partial charge is 0.318 e. The highest BCUT2D eigenvalue weighted by atomic mass is 32.2. The predicted octanol–water partition coefficient (Wildman–Crippen LogP) is 4.21. The van der Waals surface area contributed by atoms with Gasteiger partial charge in [-0.2, -0.15) is 14.6 Å². The minimum atomic E-state index is -0.495. The van der Waals surface area contributed by atoms with E-state index in [-0.39, 0.29) is 5.57 Å². The molecule has 1 N–H and O–H groups in total. The lowest BCUT2D eigenvalue weighted by Gasteiger charge is -2.09. The lowest BCUT2D eigenvalue weighted by molar-refractivity contribution is -0.112. The molecule has 2 heterocycles. The van der Waals surface area contributed by atoms with Crippen molar-refractivity contribution in [2.45, 2.75) is 19.0 Å². The van der Waals surface area contributed by atoms with E-state index in [0.29, 0.717) is 10.3 Å². The maximum absolute atomic E-state index is 12.4. The predicted molar refractivity (Wildman–Crippen MR) is 109 cm³/mol. The smallest absolute Gasteiger partial charge is 0.268 e. The van der Waals surface area contributed by atoms with E-state index in [4.69, 9.17) is 0 Å². The first-order valence-electron chi connectivity index (χ1n) is 8.08. The van der Waals surface area contributed by atoms with E-state index in [9.17, 15) is 10.1 Å². The van der Waals surface area contributed by atoms with Crippen LogP contribution in [0.5, 0.6) is 0 Å². The summed E-state index contributed by atoms with van der Waals surface area (Å²) in [6, 6.07) is 13.9. The number of aromatic nitrogens is 3. The quantitative estimate of drug-likeness (QED) is 0.397. The fraction of sp³-hybridized carbons (Fsp3) is 0.158. The minimum absolute atomic E-state index is 0.0178. The topological polar surface area (TPSA) is 83.6 Å². The number of amides is 1. The van der Waals surface area contributed by atoms with Gasteiger partial charge < -0.3 is 4.57 Å². The van der Waals surface area contributed by atoms with Crippen molar-refractivity contribution in [2.75, 3.05) is 11.6 Å². The second-order valence-electron chi connectivity index (χ2n) is 5.71. The molecule has 0 fully saturated rings. The van der Waals surface area contributed by atoms with Gasteiger partial charge in [0.05, 0.1) is 0 Å². The van der Waals surface area contributed by atoms with Crippen molar-refractivity contribution in [1.29, 1.82) is 5.26 Å². The van der Waals surface area contributed by atoms with Crippen LogP contribution in [0.15, 0.2) is 47.1 Å². The Labute approximate surface area is 165 Å². The van der Waals surface area contributed by atoms with Crippen LogP contribution in [0.3, 0.4) is 0 Å². The summed E-state index contributed by atoms with van der Waals surface area (Å²) in [6.07, 6.45) is 3.46. The molecule has 0 aliphatic carbocycles. The number of nitriles is 1. The Bertz CT molecular complexity index is 1040. The van der Waals surface area contributed by atoms with Crippen LogP contribution < -0.4 is 5.32 Å². The van der Waals surface area contributed by atoms with Crippen molar-refractivity contribution < 1.29 is 4.79 Å². The Morgan fingerprint density at radius 3 is 2.70 bits per heavy atom. The Morgan fingerprint density at radius 1 is 1.33 bits per heavy atom. The zero-order valence-electron chi connectivity index (χ0n) is 15.1. The lowest BCUT2D eigenvalue weighted by atomic mass is 10.1. The van der Waals surface area contributed by atoms with E-state index in [1.54, 1.807) is 6.08 Å². The van der Waals surface area contributed by atoms with Crippen LogP contribution in [0.25, 0.3) is 11.8 Å². The zero-order valence-corrected chi connectivity index (χ0v) is 16.7. The van der Waals surface area contributed by atoms with Gasteiger partial charge in [-0.05, 0) is 49.9 Å². The van der Waals surface area contributed by atoms with Crippen molar-refractivity contribution in [3.63, 3.8) is 0 Å². The fourth-order valence-electron chi connectivity index (χ4n) is 2.72. The van der Waals surface area contributed by atoms with Crippen LogP contribution in [-0.4, -0.2) is 26.1 Å². The van der Waals surface area contributed by atoms with Crippen LogP contribution in [0.4, 0.5) is 5.13 Å². The molecule has 27 heavy (non-hydrogen) atoms. The summed E-state index contributed by atoms with van der Waals surface area (Å²) in [6.45, 7) is 3.96. The summed E-state index contributed by atoms with van der Waals surface area (Å²) in [5.74, 6) is -0.495. The van der Waals surface area contributed by atoms with Crippen LogP contribution in [0.1, 0.15) is 17.0 Å². The number of anilines is 1. The van der Waals surface area contributed by atoms with Crippen molar-refractivity contribution in [3.8, 4) is 11.8 Å². The molecular formula is C19H17N5OS2. The standard InChI is InChI=1S/C19H17N5OS2/c1-12-9-14(13(2)24(12)16-7-5-4-6-8-16)10-15(11-20)17(25)21-18-22-19(26-3)23-27-18/h4-10H,1-3H3,(H,21,22,23,25)/b15-10-. The number of rotatable bonds is 5. The molecule has 0 radical (unpaired) electrons. The van der Waals surface area contributed by atoms with Gasteiger partial charge in [-0.3, -0.25) is 10.1 Å². The Kier molecular flexibility index (Phi) is 5.74. The van der Waals surface area contributed by atoms with Crippen LogP contribution >= 0.6 is 23.3 Å². The monoisotopic (exact) mass is 395 g/mol. The summed E-state index contributed by atoms with van der Waals surface area (Å²) < 4.78 is 6.18. The molecular weight excluding hydrogens is 378 g/mol. The number of benzene rings is 1. The molecule has 0 saturated carbocycles. The van der Waals surface area contributed by atoms with Gasteiger partial charge in [-0.1, -0.05) is 30.0 Å². The summed E-state index contributed by atoms with van der Waals surface area (Å²) in [5, 5.41) is 13.0. The van der Waals surface area contributed by atoms with E-state index in [1.165, 1.54) is 11.8 Å². The molecule has 2 aromatic heterocycles. The van der Waals surface area contributed by atoms with Gasteiger partial charge in [0.15, 0.2) is 0 Å². The van der Waals surface area contributed by atoms with Crippen molar-refractivity contribution >= 4 is 40.4 Å². The SMILES string of the molecule is CSc1nsc(NC(=O)/C(C#N)=C\c2cc(C)n(-c3ccccc3)c2C)n1. The maximum Gasteiger partial charge on any atom is 0.268 e. The first kappa shape index (κ1) is 18.9. The normalized spacial score (nSPS) is 11.3. The van der Waals surface area contributed by atoms with Crippen molar-refractivity contribution in [2.24, 2.45) is 0 Å². The van der Waals surface area contributed by atoms with E-state index in [0.717, 1.165) is 34.2 Å². The molecule has 0 aliphatic heterocycles. The Morgan fingerprint density at radius 2 is 2.07 bits per heavy atom. The first-order valence-corrected chi connectivity index (χ1v) is 10.1. The highest BCUT2D eigenvalue weighted by Gasteiger charge is 2.15. The van der Waals surface area contributed by atoms with Gasteiger partial charge >= 0.3 is 0 Å². The number of hydrogen-bond donors (Lipinski definition) is 1. The maximum atomic E-state index is 12.4. The molecule has 3 rings (SSSR count). The van der Waals surface area contributed by atoms with Crippen LogP contribution in [0.2, 0.25) is 0 Å². The number of thioether (sulfide) groups is 1. The highest BCUT2D eigenvalue weighted by Crippen LogP contribution is 2.23. The van der Waals surface area contributed by atoms with Crippen LogP contribution in [-0.2, 0) is 4.79 Å². The van der Waals surface area contributed by atoms with Gasteiger partial charge in [-0.25, -0.2) is 0 Å². The van der Waals surface area contributed by atoms with Crippen LogP contribution in [0, 0.1) is 25.2 Å². The third-order valence-electron chi connectivity index (χ3n) is 3.96. The number of nitrogens with one attached hydrogen (secondary N) is 1. The summed E-state index contributed by atoms with van der Waals surface area (Å²) in [4.78, 5) is 16.6. The second kappa shape index (κ2) is 8.20. The highest BCUT2D eigenvalue weighted by molar-refractivity contribution is 7.98. The molecule has 0 saturated heterocycles. The average Bonchev–Trinajstić information content (AvgIpc) is 3.24. The summed E-state index contributed by atoms with van der Waals surface area (Å²) >= 11 is 2.48. The van der Waals surface area contributed by atoms with Gasteiger partial charge in [0, 0.05) is 28.6 Å². The van der Waals surface area contributed by atoms with E-state index >= 15 is 0 Å². The van der Waals surface area contributed by atoms with E-state index < -0.39 is 5.91 Å². The Hall–Kier alpha value is -2.89. The number of aryl methyl sites for hydroxylation is 1. The fourth-order valence-corrected chi connectivity index (χ4v) is 3.84. The van der Waals surface area contributed by atoms with Crippen molar-refractivity contribution in [1.82, 2.24) is 13.9 Å². The minimum Gasteiger partial charge on any atom is -0.318 e. The van der Waals surface area contributed by atoms with E-state index in [1.807, 2.05) is 62.6 Å². The molecule has 0 aliphatic rings. The summed E-state index contributed by atoms with van der Waals surface area (Å²) in [5.41, 5.74) is 3.86. The Balaban J connectivity index is 1.90. The molecule has 136 valence electrons. The molecule has 6 nitrogen and oxygen atoms in total. The van der Waals surface area contributed by atoms with Gasteiger partial charge in [-0.15, -0.1) is 0 Å². The number of para-hydroxylation sites is 1. The first-order chi connectivity index (χ1) is 13.0. The van der Waals surface area contributed by atoms with Gasteiger partial charge in [0.25, 0.3) is 5.91 Å². The molecule has 1 aromatic carbocycles. The molecule has 0 atom stereocenters. The van der Waals surface area contributed by atoms with Gasteiger partial charge in [0.1, 0.15) is 11.6 Å². The number of hydrogen-bond acceptors (Lipinski definition) is 6. The van der Waals surface area contributed by atoms with Gasteiger partial charge in [0.2, 0.25) is 10.3 Å². The number of carbonyl (C=O) groups excluding carboxylic acids is 1. The van der Waals surface area contributed by atoms with E-state index in [2.05, 4.69) is 19.2 Å². The average molecular weight is 396 g/mol. The lowest BCUT2D eigenvalue weighted by Crippen LogP contribution is -2.13. The third kappa shape index (κ3) is 4.10. The second-order valence-corrected chi connectivity index (χ2v) is 7.23. The number of carbonyl (C=O) groups is 1.